The van der Waals surface area contributed by atoms with Crippen molar-refractivity contribution in [3.8, 4) is 11.5 Å². The summed E-state index contributed by atoms with van der Waals surface area (Å²) in [6.45, 7) is 4.40. The highest BCUT2D eigenvalue weighted by molar-refractivity contribution is 6.03. The summed E-state index contributed by atoms with van der Waals surface area (Å²) in [5.41, 5.74) is 3.74. The number of fused-ring (bicyclic) bond motifs is 1. The van der Waals surface area contributed by atoms with E-state index in [9.17, 15) is 9.59 Å². The fourth-order valence-electron chi connectivity index (χ4n) is 4.49. The predicted octanol–water partition coefficient (Wildman–Crippen LogP) is 6.24. The van der Waals surface area contributed by atoms with Gasteiger partial charge in [-0.25, -0.2) is 0 Å². The average Bonchev–Trinajstić information content (AvgIpc) is 3.22. The molecule has 34 heavy (non-hydrogen) atoms. The van der Waals surface area contributed by atoms with Gasteiger partial charge in [0.25, 0.3) is 0 Å². The van der Waals surface area contributed by atoms with Crippen molar-refractivity contribution in [2.24, 2.45) is 5.92 Å². The van der Waals surface area contributed by atoms with Crippen LogP contribution in [-0.4, -0.2) is 18.4 Å². The molecule has 2 amide bonds. The number of carbonyl (C=O) groups is 2. The molecule has 1 fully saturated rings. The van der Waals surface area contributed by atoms with Crippen LogP contribution in [0.5, 0.6) is 11.5 Å². The Morgan fingerprint density at radius 1 is 0.941 bits per heavy atom. The fraction of sp³-hybridized carbons (Fsp3) is 0.172. The number of benzene rings is 4. The standard InChI is InChI=1S/C29H26N2O3/c1-19-10-15-26(20(2)16-19)31-18-22(17-28(31)32)29(33)30-23-11-13-24(14-12-23)34-27-9-5-7-21-6-3-4-8-25(21)27/h3-16,22H,17-18H2,1-2H3,(H,30,33)/t22-/m0/s1. The summed E-state index contributed by atoms with van der Waals surface area (Å²) in [4.78, 5) is 27.2. The molecule has 0 spiro atoms. The van der Waals surface area contributed by atoms with Gasteiger partial charge in [-0.2, -0.15) is 0 Å². The van der Waals surface area contributed by atoms with E-state index < -0.39 is 0 Å². The number of nitrogens with zero attached hydrogens (tertiary/aromatic N) is 1. The Labute approximate surface area is 199 Å². The molecule has 1 N–H and O–H groups in total. The zero-order valence-electron chi connectivity index (χ0n) is 19.2. The second-order valence-electron chi connectivity index (χ2n) is 8.79. The third-order valence-electron chi connectivity index (χ3n) is 6.24. The Hall–Kier alpha value is -4.12. The first-order chi connectivity index (χ1) is 16.5. The quantitative estimate of drug-likeness (QED) is 0.391. The first-order valence-electron chi connectivity index (χ1n) is 11.4. The second kappa shape index (κ2) is 9.02. The highest BCUT2D eigenvalue weighted by Crippen LogP contribution is 2.31. The third kappa shape index (κ3) is 4.37. The third-order valence-corrected chi connectivity index (χ3v) is 6.24. The van der Waals surface area contributed by atoms with E-state index in [1.54, 1.807) is 4.90 Å². The molecule has 4 aromatic rings. The van der Waals surface area contributed by atoms with Crippen LogP contribution < -0.4 is 15.0 Å². The van der Waals surface area contributed by atoms with Crippen molar-refractivity contribution >= 4 is 34.0 Å². The molecule has 0 unspecified atom stereocenters. The van der Waals surface area contributed by atoms with Crippen molar-refractivity contribution in [1.29, 1.82) is 0 Å². The number of rotatable bonds is 5. The van der Waals surface area contributed by atoms with E-state index in [4.69, 9.17) is 4.74 Å². The lowest BCUT2D eigenvalue weighted by Gasteiger charge is -2.19. The van der Waals surface area contributed by atoms with Gasteiger partial charge in [-0.05, 0) is 61.2 Å². The maximum Gasteiger partial charge on any atom is 0.229 e. The summed E-state index contributed by atoms with van der Waals surface area (Å²) in [6, 6.07) is 27.3. The average molecular weight is 451 g/mol. The van der Waals surface area contributed by atoms with E-state index in [1.165, 1.54) is 0 Å². The molecule has 0 aliphatic carbocycles. The molecule has 1 saturated heterocycles. The van der Waals surface area contributed by atoms with E-state index in [2.05, 4.69) is 23.5 Å². The van der Waals surface area contributed by atoms with E-state index in [-0.39, 0.29) is 24.2 Å². The largest absolute Gasteiger partial charge is 0.457 e. The number of anilines is 2. The molecule has 1 aliphatic heterocycles. The number of carbonyl (C=O) groups excluding carboxylic acids is 2. The van der Waals surface area contributed by atoms with Gasteiger partial charge in [0.15, 0.2) is 0 Å². The minimum absolute atomic E-state index is 0.0223. The van der Waals surface area contributed by atoms with Crippen molar-refractivity contribution in [3.63, 3.8) is 0 Å². The summed E-state index contributed by atoms with van der Waals surface area (Å²) in [5, 5.41) is 5.11. The summed E-state index contributed by atoms with van der Waals surface area (Å²) in [7, 11) is 0. The van der Waals surface area contributed by atoms with Crippen LogP contribution in [0.2, 0.25) is 0 Å². The van der Waals surface area contributed by atoms with Crippen LogP contribution in [0.1, 0.15) is 17.5 Å². The maximum atomic E-state index is 12.9. The lowest BCUT2D eigenvalue weighted by Crippen LogP contribution is -2.28. The number of hydrogen-bond donors (Lipinski definition) is 1. The lowest BCUT2D eigenvalue weighted by molar-refractivity contribution is -0.122. The number of hydrogen-bond acceptors (Lipinski definition) is 3. The summed E-state index contributed by atoms with van der Waals surface area (Å²) < 4.78 is 6.08. The summed E-state index contributed by atoms with van der Waals surface area (Å²) in [6.07, 6.45) is 0.210. The van der Waals surface area contributed by atoms with Crippen LogP contribution in [0.3, 0.4) is 0 Å². The zero-order valence-corrected chi connectivity index (χ0v) is 19.2. The highest BCUT2D eigenvalue weighted by Gasteiger charge is 2.35. The molecule has 0 radical (unpaired) electrons. The van der Waals surface area contributed by atoms with Crippen LogP contribution in [0.15, 0.2) is 84.9 Å². The minimum atomic E-state index is -0.389. The van der Waals surface area contributed by atoms with Crippen molar-refractivity contribution in [2.45, 2.75) is 20.3 Å². The Balaban J connectivity index is 1.24. The smallest absolute Gasteiger partial charge is 0.229 e. The van der Waals surface area contributed by atoms with E-state index in [0.29, 0.717) is 18.0 Å². The van der Waals surface area contributed by atoms with Crippen LogP contribution in [0.4, 0.5) is 11.4 Å². The number of nitrogens with one attached hydrogen (secondary N) is 1. The predicted molar refractivity (Wildman–Crippen MR) is 135 cm³/mol. The Morgan fingerprint density at radius 3 is 2.50 bits per heavy atom. The molecule has 5 nitrogen and oxygen atoms in total. The van der Waals surface area contributed by atoms with Crippen molar-refractivity contribution in [3.05, 3.63) is 96.1 Å². The topological polar surface area (TPSA) is 58.6 Å². The summed E-state index contributed by atoms with van der Waals surface area (Å²) in [5.74, 6) is 0.909. The highest BCUT2D eigenvalue weighted by atomic mass is 16.5. The molecule has 1 aliphatic rings. The lowest BCUT2D eigenvalue weighted by atomic mass is 10.1. The molecule has 5 rings (SSSR count). The molecule has 0 aromatic heterocycles. The molecule has 5 heteroatoms. The van der Waals surface area contributed by atoms with Crippen LogP contribution in [0.25, 0.3) is 10.8 Å². The van der Waals surface area contributed by atoms with Gasteiger partial charge in [-0.1, -0.05) is 54.1 Å². The van der Waals surface area contributed by atoms with E-state index in [1.807, 2.05) is 80.6 Å². The van der Waals surface area contributed by atoms with Gasteiger partial charge in [0.05, 0.1) is 5.92 Å². The molecule has 1 heterocycles. The molecule has 1 atom stereocenters. The minimum Gasteiger partial charge on any atom is -0.457 e. The van der Waals surface area contributed by atoms with E-state index in [0.717, 1.165) is 33.3 Å². The number of ether oxygens (including phenoxy) is 1. The summed E-state index contributed by atoms with van der Waals surface area (Å²) >= 11 is 0. The molecule has 4 aromatic carbocycles. The molecule has 0 saturated carbocycles. The van der Waals surface area contributed by atoms with Gasteiger partial charge < -0.3 is 15.0 Å². The van der Waals surface area contributed by atoms with Gasteiger partial charge in [0.2, 0.25) is 11.8 Å². The second-order valence-corrected chi connectivity index (χ2v) is 8.79. The van der Waals surface area contributed by atoms with Crippen molar-refractivity contribution in [2.75, 3.05) is 16.8 Å². The Kier molecular flexibility index (Phi) is 5.76. The van der Waals surface area contributed by atoms with Gasteiger partial charge in [0.1, 0.15) is 11.5 Å². The zero-order chi connectivity index (χ0) is 23.7. The first kappa shape index (κ1) is 21.7. The Morgan fingerprint density at radius 2 is 1.71 bits per heavy atom. The van der Waals surface area contributed by atoms with E-state index >= 15 is 0 Å². The van der Waals surface area contributed by atoms with Gasteiger partial charge >= 0.3 is 0 Å². The maximum absolute atomic E-state index is 12.9. The van der Waals surface area contributed by atoms with Crippen LogP contribution >= 0.6 is 0 Å². The number of aryl methyl sites for hydroxylation is 2. The number of amides is 2. The van der Waals surface area contributed by atoms with Crippen LogP contribution in [0, 0.1) is 19.8 Å². The fourth-order valence-corrected chi connectivity index (χ4v) is 4.49. The van der Waals surface area contributed by atoms with Crippen LogP contribution in [-0.2, 0) is 9.59 Å². The van der Waals surface area contributed by atoms with Gasteiger partial charge in [-0.15, -0.1) is 0 Å². The van der Waals surface area contributed by atoms with Crippen molar-refractivity contribution < 1.29 is 14.3 Å². The normalized spacial score (nSPS) is 15.5. The monoisotopic (exact) mass is 450 g/mol. The Bertz CT molecular complexity index is 1370. The molecule has 0 bridgehead atoms. The molecular weight excluding hydrogens is 424 g/mol. The molecule has 170 valence electrons. The van der Waals surface area contributed by atoms with Gasteiger partial charge in [0, 0.05) is 29.7 Å². The van der Waals surface area contributed by atoms with Crippen molar-refractivity contribution in [1.82, 2.24) is 0 Å². The SMILES string of the molecule is Cc1ccc(N2C[C@@H](C(=O)Nc3ccc(Oc4cccc5ccccc45)cc3)CC2=O)c(C)c1. The first-order valence-corrected chi connectivity index (χ1v) is 11.4. The molecular formula is C29H26N2O3. The van der Waals surface area contributed by atoms with Gasteiger partial charge in [-0.3, -0.25) is 9.59 Å².